The number of sulfonamides is 1. The first-order valence-corrected chi connectivity index (χ1v) is 9.10. The van der Waals surface area contributed by atoms with Crippen molar-refractivity contribution < 1.29 is 13.2 Å². The number of hydrogen-bond acceptors (Lipinski definition) is 3. The molecule has 5 heteroatoms. The Labute approximate surface area is 131 Å². The van der Waals surface area contributed by atoms with Crippen LogP contribution in [0.3, 0.4) is 0 Å². The zero-order chi connectivity index (χ0) is 15.5. The van der Waals surface area contributed by atoms with Gasteiger partial charge < -0.3 is 4.74 Å². The highest BCUT2D eigenvalue weighted by atomic mass is 32.2. The first-order chi connectivity index (χ1) is 10.4. The molecule has 2 atom stereocenters. The van der Waals surface area contributed by atoms with Crippen LogP contribution in [0.15, 0.2) is 45.2 Å². The van der Waals surface area contributed by atoms with Gasteiger partial charge in [-0.25, -0.2) is 0 Å². The van der Waals surface area contributed by atoms with Gasteiger partial charge >= 0.3 is 0 Å². The van der Waals surface area contributed by atoms with E-state index in [4.69, 9.17) is 4.74 Å². The van der Waals surface area contributed by atoms with E-state index in [-0.39, 0.29) is 10.8 Å². The summed E-state index contributed by atoms with van der Waals surface area (Å²) in [5.74, 6) is 1.57. The lowest BCUT2D eigenvalue weighted by molar-refractivity contribution is -0.0119. The van der Waals surface area contributed by atoms with E-state index in [0.29, 0.717) is 23.5 Å². The quantitative estimate of drug-likeness (QED) is 0.787. The van der Waals surface area contributed by atoms with Crippen LogP contribution in [0.25, 0.3) is 0 Å². The highest BCUT2D eigenvalue weighted by Gasteiger charge is 2.51. The minimum Gasteiger partial charge on any atom is -0.472 e. The minimum atomic E-state index is -3.59. The minimum absolute atomic E-state index is 0.232. The summed E-state index contributed by atoms with van der Waals surface area (Å²) in [4.78, 5) is 0.242. The molecule has 116 valence electrons. The monoisotopic (exact) mass is 317 g/mol. The smallest absolute Gasteiger partial charge is 0.286 e. The fourth-order valence-corrected chi connectivity index (χ4v) is 5.12. The van der Waals surface area contributed by atoms with Gasteiger partial charge in [-0.3, -0.25) is 0 Å². The molecule has 1 heterocycles. The molecule has 2 bridgehead atoms. The normalized spacial score (nSPS) is 29.9. The van der Waals surface area contributed by atoms with Gasteiger partial charge in [-0.15, -0.1) is 4.40 Å². The largest absolute Gasteiger partial charge is 0.472 e. The second-order valence-electron chi connectivity index (χ2n) is 6.98. The number of benzene rings is 1. The van der Waals surface area contributed by atoms with Crippen LogP contribution < -0.4 is 0 Å². The molecular weight excluding hydrogens is 298 g/mol. The molecule has 1 aromatic rings. The van der Waals surface area contributed by atoms with Crippen molar-refractivity contribution in [1.82, 2.24) is 0 Å². The molecule has 0 aromatic heterocycles. The van der Waals surface area contributed by atoms with Gasteiger partial charge in [0, 0.05) is 0 Å². The van der Waals surface area contributed by atoms with Crippen molar-refractivity contribution in [2.24, 2.45) is 21.6 Å². The predicted molar refractivity (Wildman–Crippen MR) is 84.2 cm³/mol. The van der Waals surface area contributed by atoms with E-state index in [9.17, 15) is 8.42 Å². The van der Waals surface area contributed by atoms with Crippen LogP contribution in [-0.4, -0.2) is 20.9 Å². The summed E-state index contributed by atoms with van der Waals surface area (Å²) in [6, 6.07) is 6.83. The maximum absolute atomic E-state index is 12.0. The second-order valence-corrected chi connectivity index (χ2v) is 8.55. The third-order valence-corrected chi connectivity index (χ3v) is 6.87. The first kappa shape index (κ1) is 14.0. The number of ether oxygens (including phenoxy) is 1. The Morgan fingerprint density at radius 1 is 1.32 bits per heavy atom. The molecule has 0 unspecified atom stereocenters. The molecule has 0 radical (unpaired) electrons. The summed E-state index contributed by atoms with van der Waals surface area (Å²) < 4.78 is 33.6. The van der Waals surface area contributed by atoms with Crippen molar-refractivity contribution in [3.8, 4) is 0 Å². The fraction of sp³-hybridized carbons (Fsp3) is 0.471. The van der Waals surface area contributed by atoms with E-state index in [2.05, 4.69) is 24.3 Å². The topological polar surface area (TPSA) is 55.7 Å². The molecule has 22 heavy (non-hydrogen) atoms. The maximum Gasteiger partial charge on any atom is 0.286 e. The van der Waals surface area contributed by atoms with Crippen molar-refractivity contribution in [1.29, 1.82) is 0 Å². The first-order valence-electron chi connectivity index (χ1n) is 7.66. The van der Waals surface area contributed by atoms with Crippen LogP contribution in [0, 0.1) is 17.3 Å². The van der Waals surface area contributed by atoms with Crippen LogP contribution in [0.2, 0.25) is 0 Å². The molecule has 4 nitrogen and oxygen atoms in total. The van der Waals surface area contributed by atoms with Gasteiger partial charge in [0.1, 0.15) is 11.5 Å². The Bertz CT molecular complexity index is 805. The van der Waals surface area contributed by atoms with Gasteiger partial charge in [-0.1, -0.05) is 32.1 Å². The lowest BCUT2D eigenvalue weighted by atomic mass is 9.49. The van der Waals surface area contributed by atoms with Crippen molar-refractivity contribution in [2.45, 2.75) is 31.6 Å². The predicted octanol–water partition coefficient (Wildman–Crippen LogP) is 3.14. The number of hydrogen-bond donors (Lipinski definition) is 0. The van der Waals surface area contributed by atoms with E-state index in [0.717, 1.165) is 12.3 Å². The summed E-state index contributed by atoms with van der Waals surface area (Å²) in [5.41, 5.74) is 2.20. The number of nitrogens with zero attached hydrogens (tertiary/aromatic N) is 1. The van der Waals surface area contributed by atoms with Gasteiger partial charge in [-0.2, -0.15) is 8.42 Å². The van der Waals surface area contributed by atoms with Crippen molar-refractivity contribution in [3.05, 3.63) is 41.5 Å². The van der Waals surface area contributed by atoms with Gasteiger partial charge in [0.2, 0.25) is 5.90 Å². The standard InChI is InChI=1S/C17H19NO3S/c1-17(2)12-8-7-11(14(17)9-12)10-21-16-13-5-3-4-6-15(13)22(19,20)18-16/h3-7,12,14H,8-10H2,1-2H3/t12-,14-/m0/s1. The van der Waals surface area contributed by atoms with Gasteiger partial charge in [0.25, 0.3) is 10.0 Å². The number of rotatable bonds is 2. The van der Waals surface area contributed by atoms with Gasteiger partial charge in [-0.05, 0) is 47.8 Å². The van der Waals surface area contributed by atoms with E-state index in [1.807, 2.05) is 0 Å². The number of fused-ring (bicyclic) bond motifs is 2. The summed E-state index contributed by atoms with van der Waals surface area (Å²) >= 11 is 0. The molecular formula is C17H19NO3S. The summed E-state index contributed by atoms with van der Waals surface area (Å²) in [5, 5.41) is 0. The van der Waals surface area contributed by atoms with Crippen LogP contribution >= 0.6 is 0 Å². The number of allylic oxidation sites excluding steroid dienone is 1. The fourth-order valence-electron chi connectivity index (χ4n) is 3.97. The third-order valence-electron chi connectivity index (χ3n) is 5.56. The molecule has 0 spiro atoms. The Hall–Kier alpha value is -1.62. The lowest BCUT2D eigenvalue weighted by Crippen LogP contribution is -2.48. The molecule has 1 saturated carbocycles. The Morgan fingerprint density at radius 3 is 2.82 bits per heavy atom. The lowest BCUT2D eigenvalue weighted by Gasteiger charge is -2.56. The van der Waals surface area contributed by atoms with Crippen molar-refractivity contribution >= 4 is 15.9 Å². The molecule has 0 saturated heterocycles. The molecule has 1 aromatic carbocycles. The molecule has 4 aliphatic rings. The maximum atomic E-state index is 12.0. The highest BCUT2D eigenvalue weighted by Crippen LogP contribution is 2.59. The molecule has 0 amide bonds. The van der Waals surface area contributed by atoms with E-state index in [1.165, 1.54) is 12.0 Å². The highest BCUT2D eigenvalue weighted by molar-refractivity contribution is 7.90. The zero-order valence-electron chi connectivity index (χ0n) is 12.7. The van der Waals surface area contributed by atoms with Crippen LogP contribution in [0.1, 0.15) is 32.3 Å². The van der Waals surface area contributed by atoms with E-state index < -0.39 is 10.0 Å². The Kier molecular flexibility index (Phi) is 2.83. The van der Waals surface area contributed by atoms with Crippen LogP contribution in [-0.2, 0) is 14.8 Å². The Balaban J connectivity index is 1.55. The second kappa shape index (κ2) is 4.44. The zero-order valence-corrected chi connectivity index (χ0v) is 13.6. The average Bonchev–Trinajstić information content (AvgIpc) is 2.77. The Morgan fingerprint density at radius 2 is 2.09 bits per heavy atom. The molecule has 1 aliphatic heterocycles. The molecule has 0 N–H and O–H groups in total. The SMILES string of the molecule is CC1(C)[C@H]2CC=C(COC3=NS(=O)(=O)c4ccccc43)[C@@H]1C2. The van der Waals surface area contributed by atoms with Gasteiger partial charge in [0.05, 0.1) is 5.56 Å². The van der Waals surface area contributed by atoms with Crippen molar-refractivity contribution in [2.75, 3.05) is 6.61 Å². The summed E-state index contributed by atoms with van der Waals surface area (Å²) in [7, 11) is -3.59. The van der Waals surface area contributed by atoms with E-state index >= 15 is 0 Å². The van der Waals surface area contributed by atoms with Gasteiger partial charge in [0.15, 0.2) is 0 Å². The summed E-state index contributed by atoms with van der Waals surface area (Å²) in [6.07, 6.45) is 4.59. The molecule has 1 fully saturated rings. The molecule has 5 rings (SSSR count). The average molecular weight is 317 g/mol. The molecule has 3 aliphatic carbocycles. The third kappa shape index (κ3) is 1.88. The van der Waals surface area contributed by atoms with E-state index in [1.54, 1.807) is 24.3 Å². The van der Waals surface area contributed by atoms with Crippen molar-refractivity contribution in [3.63, 3.8) is 0 Å². The van der Waals surface area contributed by atoms with Crippen LogP contribution in [0.5, 0.6) is 0 Å². The summed E-state index contributed by atoms with van der Waals surface area (Å²) in [6.45, 7) is 5.06. The van der Waals surface area contributed by atoms with Crippen LogP contribution in [0.4, 0.5) is 0 Å².